The van der Waals surface area contributed by atoms with Crippen LogP contribution in [0.4, 0.5) is 0 Å². The van der Waals surface area contributed by atoms with Crippen molar-refractivity contribution in [2.45, 2.75) is 72.3 Å². The molecule has 0 fully saturated rings. The van der Waals surface area contributed by atoms with Gasteiger partial charge in [0.25, 0.3) is 0 Å². The molecule has 0 bridgehead atoms. The van der Waals surface area contributed by atoms with Crippen molar-refractivity contribution in [1.82, 2.24) is 10.6 Å². The van der Waals surface area contributed by atoms with Crippen LogP contribution in [0.1, 0.15) is 54.9 Å². The fourth-order valence-corrected chi connectivity index (χ4v) is 2.84. The predicted octanol–water partition coefficient (Wildman–Crippen LogP) is 3.10. The summed E-state index contributed by atoms with van der Waals surface area (Å²) in [6.45, 7) is 13.7. The Balaban J connectivity index is 4.66. The third-order valence-corrected chi connectivity index (χ3v) is 5.31. The molecule has 0 spiro atoms. The van der Waals surface area contributed by atoms with Crippen LogP contribution < -0.4 is 10.6 Å². The quantitative estimate of drug-likeness (QED) is 0.556. The molecular formula is C18H34N2O3S. The molecule has 0 aromatic carbocycles. The lowest BCUT2D eigenvalue weighted by Gasteiger charge is -2.24. The molecule has 1 amide bonds. The van der Waals surface area contributed by atoms with Crippen molar-refractivity contribution in [3.05, 3.63) is 11.8 Å². The second-order valence-electron chi connectivity index (χ2n) is 6.34. The Morgan fingerprint density at radius 2 is 1.83 bits per heavy atom. The van der Waals surface area contributed by atoms with E-state index < -0.39 is 0 Å². The molecule has 0 saturated carbocycles. The summed E-state index contributed by atoms with van der Waals surface area (Å²) in [6.07, 6.45) is 2.87. The van der Waals surface area contributed by atoms with Crippen LogP contribution in [-0.4, -0.2) is 41.6 Å². The number of allylic oxidation sites excluding steroid dienone is 1. The van der Waals surface area contributed by atoms with E-state index in [-0.39, 0.29) is 36.5 Å². The van der Waals surface area contributed by atoms with E-state index in [9.17, 15) is 9.59 Å². The average Bonchev–Trinajstić information content (AvgIpc) is 2.51. The number of amides is 1. The lowest BCUT2D eigenvalue weighted by Crippen LogP contribution is -2.42. The van der Waals surface area contributed by atoms with Gasteiger partial charge in [-0.05, 0) is 26.2 Å². The SMILES string of the molecule is C/C=C(/NCC(=O)OC(C)C(C)C)[C@H](CSC(C)CC)NC(C)=O. The van der Waals surface area contributed by atoms with Gasteiger partial charge in [0.05, 0.1) is 6.04 Å². The number of ether oxygens (including phenoxy) is 1. The summed E-state index contributed by atoms with van der Waals surface area (Å²) in [5.41, 5.74) is 0.843. The number of nitrogens with one attached hydrogen (secondary N) is 2. The van der Waals surface area contributed by atoms with Gasteiger partial charge in [-0.2, -0.15) is 11.8 Å². The first kappa shape index (κ1) is 22.8. The molecular weight excluding hydrogens is 324 g/mol. The molecule has 24 heavy (non-hydrogen) atoms. The second kappa shape index (κ2) is 12.2. The van der Waals surface area contributed by atoms with Crippen molar-refractivity contribution in [3.8, 4) is 0 Å². The fraction of sp³-hybridized carbons (Fsp3) is 0.778. The number of hydrogen-bond donors (Lipinski definition) is 2. The third-order valence-electron chi connectivity index (χ3n) is 3.88. The van der Waals surface area contributed by atoms with Crippen LogP contribution in [-0.2, 0) is 14.3 Å². The van der Waals surface area contributed by atoms with Gasteiger partial charge in [0, 0.05) is 23.6 Å². The van der Waals surface area contributed by atoms with Gasteiger partial charge in [-0.1, -0.05) is 33.8 Å². The van der Waals surface area contributed by atoms with Gasteiger partial charge in [0.1, 0.15) is 12.6 Å². The number of rotatable bonds is 11. The van der Waals surface area contributed by atoms with E-state index in [2.05, 4.69) is 24.5 Å². The largest absolute Gasteiger partial charge is 0.461 e. The highest BCUT2D eigenvalue weighted by Crippen LogP contribution is 2.17. The second-order valence-corrected chi connectivity index (χ2v) is 7.81. The molecule has 5 nitrogen and oxygen atoms in total. The first-order chi connectivity index (χ1) is 11.2. The van der Waals surface area contributed by atoms with E-state index in [4.69, 9.17) is 4.74 Å². The molecule has 0 aromatic rings. The van der Waals surface area contributed by atoms with Crippen molar-refractivity contribution in [3.63, 3.8) is 0 Å². The Labute approximate surface area is 151 Å². The topological polar surface area (TPSA) is 67.4 Å². The molecule has 0 saturated heterocycles. The van der Waals surface area contributed by atoms with Gasteiger partial charge in [0.15, 0.2) is 0 Å². The summed E-state index contributed by atoms with van der Waals surface area (Å²) in [7, 11) is 0. The van der Waals surface area contributed by atoms with Gasteiger partial charge in [-0.25, -0.2) is 0 Å². The molecule has 6 heteroatoms. The van der Waals surface area contributed by atoms with E-state index in [1.54, 1.807) is 0 Å². The summed E-state index contributed by atoms with van der Waals surface area (Å²) >= 11 is 1.81. The smallest absolute Gasteiger partial charge is 0.325 e. The minimum Gasteiger partial charge on any atom is -0.461 e. The first-order valence-corrected chi connectivity index (χ1v) is 9.74. The molecule has 0 aliphatic heterocycles. The Hall–Kier alpha value is -1.17. The van der Waals surface area contributed by atoms with Crippen LogP contribution in [0, 0.1) is 5.92 Å². The number of hydrogen-bond acceptors (Lipinski definition) is 5. The highest BCUT2D eigenvalue weighted by Gasteiger charge is 2.18. The number of carbonyl (C=O) groups excluding carboxylic acids is 2. The zero-order chi connectivity index (χ0) is 18.7. The third kappa shape index (κ3) is 9.85. The molecule has 0 aliphatic carbocycles. The highest BCUT2D eigenvalue weighted by atomic mass is 32.2. The van der Waals surface area contributed by atoms with Crippen LogP contribution in [0.3, 0.4) is 0 Å². The molecule has 0 aromatic heterocycles. The van der Waals surface area contributed by atoms with Crippen molar-refractivity contribution < 1.29 is 14.3 Å². The monoisotopic (exact) mass is 358 g/mol. The molecule has 2 unspecified atom stereocenters. The van der Waals surface area contributed by atoms with Gasteiger partial charge in [-0.3, -0.25) is 9.59 Å². The minimum absolute atomic E-state index is 0.0816. The van der Waals surface area contributed by atoms with Gasteiger partial charge in [-0.15, -0.1) is 0 Å². The van der Waals surface area contributed by atoms with Crippen molar-refractivity contribution in [2.75, 3.05) is 12.3 Å². The highest BCUT2D eigenvalue weighted by molar-refractivity contribution is 7.99. The maximum Gasteiger partial charge on any atom is 0.325 e. The summed E-state index contributed by atoms with van der Waals surface area (Å²) in [5, 5.41) is 6.59. The maximum absolute atomic E-state index is 11.9. The van der Waals surface area contributed by atoms with Crippen LogP contribution in [0.15, 0.2) is 11.8 Å². The summed E-state index contributed by atoms with van der Waals surface area (Å²) in [5.74, 6) is 0.682. The Morgan fingerprint density at radius 1 is 1.21 bits per heavy atom. The summed E-state index contributed by atoms with van der Waals surface area (Å²) < 4.78 is 5.36. The van der Waals surface area contributed by atoms with Crippen LogP contribution in [0.5, 0.6) is 0 Å². The van der Waals surface area contributed by atoms with Gasteiger partial charge >= 0.3 is 5.97 Å². The number of esters is 1. The molecule has 3 atom stereocenters. The number of thioether (sulfide) groups is 1. The van der Waals surface area contributed by atoms with Crippen molar-refractivity contribution in [2.24, 2.45) is 5.92 Å². The van der Waals surface area contributed by atoms with E-state index in [1.165, 1.54) is 6.92 Å². The van der Waals surface area contributed by atoms with Crippen LogP contribution >= 0.6 is 11.8 Å². The fourth-order valence-electron chi connectivity index (χ4n) is 1.82. The zero-order valence-corrected chi connectivity index (χ0v) is 17.0. The van der Waals surface area contributed by atoms with E-state index >= 15 is 0 Å². The summed E-state index contributed by atoms with van der Waals surface area (Å²) in [6, 6.07) is -0.137. The molecule has 0 heterocycles. The Bertz CT molecular complexity index is 424. The average molecular weight is 359 g/mol. The van der Waals surface area contributed by atoms with Gasteiger partial charge in [0.2, 0.25) is 5.91 Å². The minimum atomic E-state index is -0.285. The Kier molecular flexibility index (Phi) is 11.6. The molecule has 0 aliphatic rings. The molecule has 140 valence electrons. The molecule has 0 radical (unpaired) electrons. The normalized spacial score (nSPS) is 15.6. The zero-order valence-electron chi connectivity index (χ0n) is 16.1. The molecule has 0 rings (SSSR count). The van der Waals surface area contributed by atoms with E-state index in [0.717, 1.165) is 17.9 Å². The lowest BCUT2D eigenvalue weighted by molar-refractivity contribution is -0.148. The lowest BCUT2D eigenvalue weighted by atomic mass is 10.1. The van der Waals surface area contributed by atoms with Crippen molar-refractivity contribution in [1.29, 1.82) is 0 Å². The van der Waals surface area contributed by atoms with Crippen molar-refractivity contribution >= 4 is 23.6 Å². The maximum atomic E-state index is 11.9. The standard InChI is InChI=1S/C18H34N2O3S/c1-8-13(5)24-11-17(20-15(7)21)16(9-2)19-10-18(22)23-14(6)12(3)4/h9,12-14,17,19H,8,10-11H2,1-7H3,(H,20,21)/b16-9+/t13?,14?,17-/m0/s1. The van der Waals surface area contributed by atoms with Gasteiger partial charge < -0.3 is 15.4 Å². The van der Waals surface area contributed by atoms with E-state index in [1.807, 2.05) is 45.5 Å². The van der Waals surface area contributed by atoms with Crippen LogP contribution in [0.2, 0.25) is 0 Å². The summed E-state index contributed by atoms with van der Waals surface area (Å²) in [4.78, 5) is 23.4. The first-order valence-electron chi connectivity index (χ1n) is 8.69. The predicted molar refractivity (Wildman–Crippen MR) is 102 cm³/mol. The van der Waals surface area contributed by atoms with E-state index in [0.29, 0.717) is 5.25 Å². The Morgan fingerprint density at radius 3 is 2.29 bits per heavy atom. The van der Waals surface area contributed by atoms with Crippen LogP contribution in [0.25, 0.3) is 0 Å². The number of carbonyl (C=O) groups is 2. The molecule has 2 N–H and O–H groups in total.